The van der Waals surface area contributed by atoms with E-state index in [0.717, 1.165) is 24.0 Å². The molecule has 3 rings (SSSR count). The second-order valence-corrected chi connectivity index (χ2v) is 7.16. The molecule has 0 amide bonds. The molecule has 1 N–H and O–H groups in total. The molecular weight excluding hydrogens is 288 g/mol. The maximum atomic E-state index is 6.03. The summed E-state index contributed by atoms with van der Waals surface area (Å²) in [6, 6.07) is 15.8. The van der Waals surface area contributed by atoms with Crippen LogP contribution in [-0.2, 0) is 6.54 Å². The first kappa shape index (κ1) is 14.1. The zero-order chi connectivity index (χ0) is 13.9. The van der Waals surface area contributed by atoms with Crippen molar-refractivity contribution in [2.45, 2.75) is 25.6 Å². The van der Waals surface area contributed by atoms with Crippen LogP contribution in [-0.4, -0.2) is 24.0 Å². The third kappa shape index (κ3) is 3.23. The molecule has 2 heterocycles. The van der Waals surface area contributed by atoms with Crippen molar-refractivity contribution in [2.24, 2.45) is 0 Å². The van der Waals surface area contributed by atoms with Gasteiger partial charge in [0.1, 0.15) is 0 Å². The Bertz CT molecular complexity index is 555. The van der Waals surface area contributed by atoms with E-state index in [0.29, 0.717) is 12.1 Å². The van der Waals surface area contributed by atoms with Gasteiger partial charge in [-0.3, -0.25) is 4.90 Å². The van der Waals surface area contributed by atoms with E-state index in [1.54, 1.807) is 11.3 Å². The van der Waals surface area contributed by atoms with Crippen LogP contribution in [0.5, 0.6) is 0 Å². The molecule has 2 aromatic rings. The van der Waals surface area contributed by atoms with Crippen molar-refractivity contribution in [1.82, 2.24) is 10.2 Å². The van der Waals surface area contributed by atoms with Gasteiger partial charge in [-0.05, 0) is 24.6 Å². The zero-order valence-corrected chi connectivity index (χ0v) is 13.1. The highest BCUT2D eigenvalue weighted by Gasteiger charge is 2.26. The van der Waals surface area contributed by atoms with Crippen LogP contribution in [0.1, 0.15) is 23.4 Å². The summed E-state index contributed by atoms with van der Waals surface area (Å²) >= 11 is 7.71. The lowest BCUT2D eigenvalue weighted by molar-refractivity contribution is 0.134. The first-order valence-corrected chi connectivity index (χ1v) is 8.18. The van der Waals surface area contributed by atoms with Crippen molar-refractivity contribution in [3.8, 4) is 0 Å². The minimum absolute atomic E-state index is 0.419. The fraction of sp³-hybridized carbons (Fsp3) is 0.375. The summed E-state index contributed by atoms with van der Waals surface area (Å²) in [5, 5.41) is 3.64. The number of nitrogens with one attached hydrogen (secondary N) is 1. The van der Waals surface area contributed by atoms with Crippen LogP contribution in [0.15, 0.2) is 42.5 Å². The van der Waals surface area contributed by atoms with Gasteiger partial charge in [0.15, 0.2) is 0 Å². The van der Waals surface area contributed by atoms with Gasteiger partial charge < -0.3 is 5.32 Å². The predicted octanol–water partition coefficient (Wildman–Crippen LogP) is 3.94. The minimum atomic E-state index is 0.419. The molecule has 2 unspecified atom stereocenters. The average molecular weight is 307 g/mol. The molecule has 0 aliphatic carbocycles. The topological polar surface area (TPSA) is 15.3 Å². The number of rotatable bonds is 3. The van der Waals surface area contributed by atoms with Crippen LogP contribution in [0.2, 0.25) is 4.34 Å². The van der Waals surface area contributed by atoms with E-state index in [2.05, 4.69) is 53.5 Å². The van der Waals surface area contributed by atoms with Crippen molar-refractivity contribution in [1.29, 1.82) is 0 Å². The van der Waals surface area contributed by atoms with E-state index >= 15 is 0 Å². The SMILES string of the molecule is CC1CNC(c2ccccc2)CN1Cc1ccc(Cl)s1. The lowest BCUT2D eigenvalue weighted by Gasteiger charge is -2.38. The van der Waals surface area contributed by atoms with Crippen molar-refractivity contribution >= 4 is 22.9 Å². The number of nitrogens with zero attached hydrogens (tertiary/aromatic N) is 1. The summed E-state index contributed by atoms with van der Waals surface area (Å²) in [5.41, 5.74) is 1.37. The maximum Gasteiger partial charge on any atom is 0.0931 e. The van der Waals surface area contributed by atoms with Crippen molar-refractivity contribution in [2.75, 3.05) is 13.1 Å². The highest BCUT2D eigenvalue weighted by Crippen LogP contribution is 2.26. The van der Waals surface area contributed by atoms with Gasteiger partial charge in [0, 0.05) is 36.6 Å². The average Bonchev–Trinajstić information content (AvgIpc) is 2.88. The number of thiophene rings is 1. The van der Waals surface area contributed by atoms with E-state index in [4.69, 9.17) is 11.6 Å². The third-order valence-electron chi connectivity index (χ3n) is 3.89. The molecule has 4 heteroatoms. The summed E-state index contributed by atoms with van der Waals surface area (Å²) in [4.78, 5) is 3.88. The van der Waals surface area contributed by atoms with Gasteiger partial charge in [0.2, 0.25) is 0 Å². The Morgan fingerprint density at radius 3 is 2.75 bits per heavy atom. The maximum absolute atomic E-state index is 6.03. The van der Waals surface area contributed by atoms with Crippen LogP contribution in [0.25, 0.3) is 0 Å². The molecule has 20 heavy (non-hydrogen) atoms. The Labute approximate surface area is 129 Å². The lowest BCUT2D eigenvalue weighted by atomic mass is 10.0. The lowest BCUT2D eigenvalue weighted by Crippen LogP contribution is -2.50. The van der Waals surface area contributed by atoms with Crippen LogP contribution in [0.3, 0.4) is 0 Å². The Balaban J connectivity index is 1.70. The molecule has 2 nitrogen and oxygen atoms in total. The van der Waals surface area contributed by atoms with Crippen LogP contribution in [0.4, 0.5) is 0 Å². The van der Waals surface area contributed by atoms with Gasteiger partial charge in [-0.15, -0.1) is 11.3 Å². The van der Waals surface area contributed by atoms with E-state index in [1.807, 2.05) is 6.07 Å². The number of hydrogen-bond donors (Lipinski definition) is 1. The van der Waals surface area contributed by atoms with Crippen LogP contribution >= 0.6 is 22.9 Å². The fourth-order valence-electron chi connectivity index (χ4n) is 2.69. The van der Waals surface area contributed by atoms with Crippen LogP contribution < -0.4 is 5.32 Å². The van der Waals surface area contributed by atoms with E-state index in [9.17, 15) is 0 Å². The van der Waals surface area contributed by atoms with E-state index in [1.165, 1.54) is 10.4 Å². The zero-order valence-electron chi connectivity index (χ0n) is 11.6. The monoisotopic (exact) mass is 306 g/mol. The smallest absolute Gasteiger partial charge is 0.0931 e. The fourth-order valence-corrected chi connectivity index (χ4v) is 3.80. The molecule has 0 saturated carbocycles. The largest absolute Gasteiger partial charge is 0.307 e. The Morgan fingerprint density at radius 1 is 1.25 bits per heavy atom. The molecule has 2 atom stereocenters. The molecule has 0 bridgehead atoms. The Morgan fingerprint density at radius 2 is 2.05 bits per heavy atom. The van der Waals surface area contributed by atoms with Gasteiger partial charge in [0.25, 0.3) is 0 Å². The first-order chi connectivity index (χ1) is 9.72. The van der Waals surface area contributed by atoms with Gasteiger partial charge in [0.05, 0.1) is 4.34 Å². The van der Waals surface area contributed by atoms with E-state index in [-0.39, 0.29) is 0 Å². The van der Waals surface area contributed by atoms with Gasteiger partial charge >= 0.3 is 0 Å². The molecule has 1 aliphatic heterocycles. The summed E-state index contributed by atoms with van der Waals surface area (Å²) in [6.45, 7) is 5.34. The molecule has 1 aromatic heterocycles. The van der Waals surface area contributed by atoms with Gasteiger partial charge in [-0.25, -0.2) is 0 Å². The van der Waals surface area contributed by atoms with Crippen molar-refractivity contribution in [3.63, 3.8) is 0 Å². The number of piperazine rings is 1. The molecular formula is C16H19ClN2S. The first-order valence-electron chi connectivity index (χ1n) is 6.99. The summed E-state index contributed by atoms with van der Waals surface area (Å²) in [7, 11) is 0. The quantitative estimate of drug-likeness (QED) is 0.924. The molecule has 1 fully saturated rings. The van der Waals surface area contributed by atoms with Gasteiger partial charge in [-0.1, -0.05) is 41.9 Å². The van der Waals surface area contributed by atoms with Crippen molar-refractivity contribution < 1.29 is 0 Å². The summed E-state index contributed by atoms with van der Waals surface area (Å²) < 4.78 is 0.877. The molecule has 0 spiro atoms. The highest BCUT2D eigenvalue weighted by molar-refractivity contribution is 7.16. The normalized spacial score (nSPS) is 23.9. The predicted molar refractivity (Wildman–Crippen MR) is 86.4 cm³/mol. The Hall–Kier alpha value is -0.870. The standard InChI is InChI=1S/C16H19ClN2S/c1-12-9-18-15(13-5-3-2-4-6-13)11-19(12)10-14-7-8-16(17)20-14/h2-8,12,15,18H,9-11H2,1H3. The van der Waals surface area contributed by atoms with Gasteiger partial charge in [-0.2, -0.15) is 0 Å². The molecule has 0 radical (unpaired) electrons. The molecule has 1 aliphatic rings. The minimum Gasteiger partial charge on any atom is -0.307 e. The van der Waals surface area contributed by atoms with Crippen molar-refractivity contribution in [3.05, 3.63) is 57.2 Å². The number of benzene rings is 1. The second-order valence-electron chi connectivity index (χ2n) is 5.36. The second kappa shape index (κ2) is 6.27. The highest BCUT2D eigenvalue weighted by atomic mass is 35.5. The van der Waals surface area contributed by atoms with E-state index < -0.39 is 0 Å². The number of halogens is 1. The summed E-state index contributed by atoms with van der Waals surface area (Å²) in [6.07, 6.45) is 0. The molecule has 1 saturated heterocycles. The van der Waals surface area contributed by atoms with Crippen LogP contribution in [0, 0.1) is 0 Å². The molecule has 106 valence electrons. The summed E-state index contributed by atoms with van der Waals surface area (Å²) in [5.74, 6) is 0. The Kier molecular flexibility index (Phi) is 4.41. The number of hydrogen-bond acceptors (Lipinski definition) is 3. The third-order valence-corrected chi connectivity index (χ3v) is 5.11. The molecule has 1 aromatic carbocycles.